The zero-order valence-electron chi connectivity index (χ0n) is 19.2. The van der Waals surface area contributed by atoms with Gasteiger partial charge in [-0.2, -0.15) is 4.39 Å². The number of hydrogen-bond acceptors (Lipinski definition) is 6. The van der Waals surface area contributed by atoms with Gasteiger partial charge in [-0.05, 0) is 55.0 Å². The molecule has 2 atom stereocenters. The molecule has 2 aromatic carbocycles. The molecule has 0 spiro atoms. The van der Waals surface area contributed by atoms with Crippen LogP contribution in [0.15, 0.2) is 61.1 Å². The molecular formula is C25H26FN6O2P. The van der Waals surface area contributed by atoms with Crippen molar-refractivity contribution in [3.63, 3.8) is 0 Å². The van der Waals surface area contributed by atoms with Crippen molar-refractivity contribution in [2.75, 3.05) is 31.5 Å². The van der Waals surface area contributed by atoms with Gasteiger partial charge in [-0.15, -0.1) is 0 Å². The lowest BCUT2D eigenvalue weighted by Crippen LogP contribution is -2.46. The number of carbonyl (C=O) groups is 1. The molecule has 5 rings (SSSR count). The molecule has 8 nitrogen and oxygen atoms in total. The van der Waals surface area contributed by atoms with Crippen LogP contribution in [0.2, 0.25) is 0 Å². The maximum Gasteiger partial charge on any atom is 0.254 e. The number of hydrogen-bond donors (Lipinski definition) is 2. The zero-order valence-corrected chi connectivity index (χ0v) is 20.4. The quantitative estimate of drug-likeness (QED) is 0.396. The summed E-state index contributed by atoms with van der Waals surface area (Å²) in [5.41, 5.74) is 4.87. The Kier molecular flexibility index (Phi) is 6.61. The average molecular weight is 492 g/mol. The van der Waals surface area contributed by atoms with Crippen molar-refractivity contribution >= 4 is 32.3 Å². The number of piperazine rings is 1. The fourth-order valence-corrected chi connectivity index (χ4v) is 4.37. The van der Waals surface area contributed by atoms with Crippen LogP contribution >= 0.6 is 9.24 Å². The average Bonchev–Trinajstić information content (AvgIpc) is 3.30. The van der Waals surface area contributed by atoms with Crippen LogP contribution in [-0.4, -0.2) is 57.5 Å². The van der Waals surface area contributed by atoms with Crippen LogP contribution in [0, 0.1) is 6.92 Å². The van der Waals surface area contributed by atoms with E-state index in [2.05, 4.69) is 20.6 Å². The SMILES string of the molecule is Cc1cc(Nc2nccn3c(-c4ccc(OC(F)P)cc4)cnc23)ccc1C(=O)N1CCNCC1. The van der Waals surface area contributed by atoms with Crippen molar-refractivity contribution in [3.05, 3.63) is 72.2 Å². The molecule has 1 aliphatic heterocycles. The molecule has 1 amide bonds. The van der Waals surface area contributed by atoms with Gasteiger partial charge in [-0.25, -0.2) is 9.97 Å². The zero-order chi connectivity index (χ0) is 24.4. The molecule has 10 heteroatoms. The predicted octanol–water partition coefficient (Wildman–Crippen LogP) is 4.00. The fraction of sp³-hybridized carbons (Fsp3) is 0.240. The highest BCUT2D eigenvalue weighted by Crippen LogP contribution is 2.28. The Balaban J connectivity index is 1.38. The molecule has 1 saturated heterocycles. The minimum absolute atomic E-state index is 0.0600. The van der Waals surface area contributed by atoms with Crippen molar-refractivity contribution in [2.24, 2.45) is 0 Å². The van der Waals surface area contributed by atoms with E-state index in [1.165, 1.54) is 0 Å². The third kappa shape index (κ3) is 4.97. The Hall–Kier alpha value is -3.55. The summed E-state index contributed by atoms with van der Waals surface area (Å²) in [5, 5.41) is 6.60. The van der Waals surface area contributed by atoms with E-state index in [0.29, 0.717) is 22.8 Å². The standard InChI is InChI=1S/C25H26FN6O2P/c1-16-14-18(4-7-20(16)24(33)31-11-8-27-9-12-31)30-22-23-29-15-21(32(23)13-10-28-22)17-2-5-19(6-3-17)34-25(26)35/h2-7,10,13-15,25,27H,8-9,11-12,35H2,1H3,(H,28,30). The Bertz CT molecular complexity index is 1350. The smallest absolute Gasteiger partial charge is 0.254 e. The summed E-state index contributed by atoms with van der Waals surface area (Å²) in [5.74, 6) is 1.11. The molecule has 1 fully saturated rings. The van der Waals surface area contributed by atoms with Gasteiger partial charge >= 0.3 is 0 Å². The first kappa shape index (κ1) is 23.2. The summed E-state index contributed by atoms with van der Waals surface area (Å²) in [6.07, 6.45) is 3.87. The fourth-order valence-electron chi connectivity index (χ4n) is 4.21. The maximum atomic E-state index is 13.1. The van der Waals surface area contributed by atoms with Gasteiger partial charge in [0, 0.05) is 55.4 Å². The van der Waals surface area contributed by atoms with E-state index >= 15 is 0 Å². The van der Waals surface area contributed by atoms with Crippen LogP contribution in [-0.2, 0) is 0 Å². The minimum Gasteiger partial charge on any atom is -0.457 e. The van der Waals surface area contributed by atoms with Crippen LogP contribution < -0.4 is 15.4 Å². The first-order valence-electron chi connectivity index (χ1n) is 11.4. The van der Waals surface area contributed by atoms with E-state index in [1.807, 2.05) is 62.0 Å². The van der Waals surface area contributed by atoms with Crippen molar-refractivity contribution in [1.29, 1.82) is 0 Å². The molecule has 35 heavy (non-hydrogen) atoms. The number of alkyl halides is 1. The van der Waals surface area contributed by atoms with Gasteiger partial charge in [0.2, 0.25) is 6.10 Å². The summed E-state index contributed by atoms with van der Waals surface area (Å²) in [7, 11) is 1.96. The van der Waals surface area contributed by atoms with E-state index < -0.39 is 6.10 Å². The highest BCUT2D eigenvalue weighted by Gasteiger charge is 2.20. The van der Waals surface area contributed by atoms with Gasteiger partial charge in [0.15, 0.2) is 11.5 Å². The molecule has 2 unspecified atom stereocenters. The summed E-state index contributed by atoms with van der Waals surface area (Å²) in [6.45, 7) is 5.02. The Labute approximate surface area is 204 Å². The van der Waals surface area contributed by atoms with Crippen LogP contribution in [0.3, 0.4) is 0 Å². The molecule has 2 N–H and O–H groups in total. The van der Waals surface area contributed by atoms with E-state index in [0.717, 1.165) is 48.7 Å². The lowest BCUT2D eigenvalue weighted by molar-refractivity contribution is 0.0735. The number of benzene rings is 2. The second kappa shape index (κ2) is 9.98. The molecule has 2 aromatic heterocycles. The number of anilines is 2. The van der Waals surface area contributed by atoms with Crippen molar-refractivity contribution in [1.82, 2.24) is 24.6 Å². The highest BCUT2D eigenvalue weighted by molar-refractivity contribution is 7.16. The van der Waals surface area contributed by atoms with E-state index in [9.17, 15) is 9.18 Å². The molecular weight excluding hydrogens is 466 g/mol. The molecule has 180 valence electrons. The molecule has 4 aromatic rings. The number of carbonyl (C=O) groups excluding carboxylic acids is 1. The van der Waals surface area contributed by atoms with E-state index in [1.54, 1.807) is 24.5 Å². The second-order valence-electron chi connectivity index (χ2n) is 8.30. The third-order valence-corrected chi connectivity index (χ3v) is 6.09. The van der Waals surface area contributed by atoms with Crippen molar-refractivity contribution < 1.29 is 13.9 Å². The highest BCUT2D eigenvalue weighted by atomic mass is 31.0. The third-order valence-electron chi connectivity index (χ3n) is 5.95. The Morgan fingerprint density at radius 3 is 2.66 bits per heavy atom. The number of fused-ring (bicyclic) bond motifs is 1. The van der Waals surface area contributed by atoms with Gasteiger partial charge in [0.1, 0.15) is 5.75 Å². The number of amides is 1. The predicted molar refractivity (Wildman–Crippen MR) is 137 cm³/mol. The molecule has 0 saturated carbocycles. The van der Waals surface area contributed by atoms with Gasteiger partial charge in [0.05, 0.1) is 11.9 Å². The summed E-state index contributed by atoms with van der Waals surface area (Å²) in [4.78, 5) is 23.8. The van der Waals surface area contributed by atoms with E-state index in [4.69, 9.17) is 4.74 Å². The largest absolute Gasteiger partial charge is 0.457 e. The number of aryl methyl sites for hydroxylation is 1. The monoisotopic (exact) mass is 492 g/mol. The summed E-state index contributed by atoms with van der Waals surface area (Å²) >= 11 is 0. The first-order valence-corrected chi connectivity index (χ1v) is 12.0. The van der Waals surface area contributed by atoms with Gasteiger partial charge in [-0.1, -0.05) is 9.24 Å². The number of rotatable bonds is 6. The van der Waals surface area contributed by atoms with Crippen molar-refractivity contribution in [2.45, 2.75) is 13.0 Å². The van der Waals surface area contributed by atoms with Gasteiger partial charge in [0.25, 0.3) is 5.91 Å². The molecule has 0 aliphatic carbocycles. The minimum atomic E-state index is -1.45. The molecule has 1 aliphatic rings. The lowest BCUT2D eigenvalue weighted by atomic mass is 10.1. The lowest BCUT2D eigenvalue weighted by Gasteiger charge is -2.28. The molecule has 0 bridgehead atoms. The Morgan fingerprint density at radius 1 is 1.17 bits per heavy atom. The topological polar surface area (TPSA) is 83.8 Å². The molecule has 3 heterocycles. The summed E-state index contributed by atoms with van der Waals surface area (Å²) in [6, 6.07) is 12.9. The first-order chi connectivity index (χ1) is 17.0. The second-order valence-corrected chi connectivity index (χ2v) is 8.83. The van der Waals surface area contributed by atoms with Crippen LogP contribution in [0.4, 0.5) is 15.9 Å². The number of imidazole rings is 1. The number of ether oxygens (including phenoxy) is 1. The van der Waals surface area contributed by atoms with Gasteiger partial charge in [-0.3, -0.25) is 9.20 Å². The van der Waals surface area contributed by atoms with Crippen LogP contribution in [0.1, 0.15) is 15.9 Å². The normalized spacial score (nSPS) is 14.7. The maximum absolute atomic E-state index is 13.1. The number of halogens is 1. The number of nitrogens with zero attached hydrogens (tertiary/aromatic N) is 4. The van der Waals surface area contributed by atoms with E-state index in [-0.39, 0.29) is 5.91 Å². The van der Waals surface area contributed by atoms with Crippen LogP contribution in [0.25, 0.3) is 16.9 Å². The van der Waals surface area contributed by atoms with Gasteiger partial charge < -0.3 is 20.3 Å². The van der Waals surface area contributed by atoms with Crippen LogP contribution in [0.5, 0.6) is 5.75 Å². The number of aromatic nitrogens is 3. The van der Waals surface area contributed by atoms with Crippen molar-refractivity contribution in [3.8, 4) is 17.0 Å². The number of nitrogens with one attached hydrogen (secondary N) is 2. The Morgan fingerprint density at radius 2 is 1.94 bits per heavy atom. The molecule has 0 radical (unpaired) electrons. The summed E-state index contributed by atoms with van der Waals surface area (Å²) < 4.78 is 20.0.